The second kappa shape index (κ2) is 13.8. The van der Waals surface area contributed by atoms with E-state index in [9.17, 15) is 18.0 Å². The van der Waals surface area contributed by atoms with Crippen molar-refractivity contribution < 1.29 is 36.9 Å². The number of carbonyl (C=O) groups excluding carboxylic acids is 1. The summed E-state index contributed by atoms with van der Waals surface area (Å²) in [4.78, 5) is 20.9. The molecule has 0 radical (unpaired) electrons. The van der Waals surface area contributed by atoms with Crippen molar-refractivity contribution in [2.24, 2.45) is 0 Å². The number of rotatable bonds is 13. The quantitative estimate of drug-likeness (QED) is 0.107. The van der Waals surface area contributed by atoms with Crippen molar-refractivity contribution in [1.82, 2.24) is 15.3 Å². The average Bonchev–Trinajstić information content (AvgIpc) is 2.94. The van der Waals surface area contributed by atoms with Crippen LogP contribution in [0, 0.1) is 0 Å². The lowest BCUT2D eigenvalue weighted by Gasteiger charge is -2.17. The monoisotopic (exact) mass is 591 g/mol. The van der Waals surface area contributed by atoms with Crippen LogP contribution in [0.3, 0.4) is 0 Å². The Bertz CT molecular complexity index is 1500. The first-order chi connectivity index (χ1) is 19.6. The first-order valence-electron chi connectivity index (χ1n) is 12.9. The molecule has 4 aromatic rings. The van der Waals surface area contributed by atoms with Crippen LogP contribution in [-0.2, 0) is 16.0 Å². The summed E-state index contributed by atoms with van der Waals surface area (Å²) in [5.74, 6) is -0.444. The highest BCUT2D eigenvalue weighted by atomic mass is 35.5. The number of nitrogens with one attached hydrogen (secondary N) is 1. The van der Waals surface area contributed by atoms with Crippen molar-refractivity contribution in [2.75, 3.05) is 26.9 Å². The number of alkyl halides is 3. The van der Waals surface area contributed by atoms with Gasteiger partial charge in [0.2, 0.25) is 5.88 Å². The summed E-state index contributed by atoms with van der Waals surface area (Å²) in [6.07, 6.45) is -0.0144. The molecular formula is C29H29ClF3N3O5. The third-order valence-electron chi connectivity index (χ3n) is 6.09. The lowest BCUT2D eigenvalue weighted by atomic mass is 10.1. The summed E-state index contributed by atoms with van der Waals surface area (Å²) in [6.45, 7) is 3.93. The number of halogens is 4. The van der Waals surface area contributed by atoms with Crippen LogP contribution in [0.25, 0.3) is 21.7 Å². The average molecular weight is 592 g/mol. The number of pyridine rings is 2. The van der Waals surface area contributed by atoms with Crippen LogP contribution in [-0.4, -0.2) is 55.3 Å². The van der Waals surface area contributed by atoms with Gasteiger partial charge in [-0.3, -0.25) is 4.98 Å². The van der Waals surface area contributed by atoms with Crippen LogP contribution in [0.5, 0.6) is 11.6 Å². The zero-order valence-corrected chi connectivity index (χ0v) is 23.2. The molecule has 2 heterocycles. The molecule has 1 N–H and O–H groups in total. The number of methoxy groups -OCH3 is 1. The summed E-state index contributed by atoms with van der Waals surface area (Å²) >= 11 is 5.88. The number of esters is 1. The third kappa shape index (κ3) is 8.42. The normalized spacial score (nSPS) is 12.4. The van der Waals surface area contributed by atoms with E-state index < -0.39 is 18.1 Å². The van der Waals surface area contributed by atoms with Gasteiger partial charge in [-0.2, -0.15) is 0 Å². The minimum Gasteiger partial charge on any atom is -0.472 e. The van der Waals surface area contributed by atoms with Crippen LogP contribution in [0.15, 0.2) is 54.9 Å². The number of aromatic nitrogens is 2. The van der Waals surface area contributed by atoms with Gasteiger partial charge >= 0.3 is 12.3 Å². The minimum atomic E-state index is -4.79. The Labute approximate surface area is 239 Å². The molecule has 0 aliphatic heterocycles. The van der Waals surface area contributed by atoms with Gasteiger partial charge in [0.05, 0.1) is 29.8 Å². The molecule has 218 valence electrons. The van der Waals surface area contributed by atoms with Gasteiger partial charge in [-0.15, -0.1) is 13.2 Å². The Morgan fingerprint density at radius 3 is 2.66 bits per heavy atom. The summed E-state index contributed by atoms with van der Waals surface area (Å²) < 4.78 is 57.7. The largest absolute Gasteiger partial charge is 0.573 e. The number of carbonyl (C=O) groups is 1. The Balaban J connectivity index is 1.22. The molecule has 0 saturated carbocycles. The molecule has 0 aliphatic rings. The molecular weight excluding hydrogens is 563 g/mol. The van der Waals surface area contributed by atoms with Crippen molar-refractivity contribution in [1.29, 1.82) is 0 Å². The van der Waals surface area contributed by atoms with Crippen molar-refractivity contribution in [3.63, 3.8) is 0 Å². The fraction of sp³-hybridized carbons (Fsp3) is 0.345. The zero-order valence-electron chi connectivity index (χ0n) is 22.5. The highest BCUT2D eigenvalue weighted by molar-refractivity contribution is 6.32. The molecule has 41 heavy (non-hydrogen) atoms. The van der Waals surface area contributed by atoms with Gasteiger partial charge < -0.3 is 24.3 Å². The molecule has 0 fully saturated rings. The van der Waals surface area contributed by atoms with E-state index in [2.05, 4.69) is 20.0 Å². The number of fused-ring (bicyclic) bond motifs is 3. The predicted molar refractivity (Wildman–Crippen MR) is 148 cm³/mol. The lowest BCUT2D eigenvalue weighted by molar-refractivity contribution is -0.274. The van der Waals surface area contributed by atoms with Crippen LogP contribution in [0.2, 0.25) is 5.02 Å². The molecule has 0 spiro atoms. The summed E-state index contributed by atoms with van der Waals surface area (Å²) in [6, 6.07) is 11.2. The molecule has 0 unspecified atom stereocenters. The maximum absolute atomic E-state index is 12.4. The molecule has 8 nitrogen and oxygen atoms in total. The fourth-order valence-electron chi connectivity index (χ4n) is 4.17. The highest BCUT2D eigenvalue weighted by Crippen LogP contribution is 2.32. The Kier molecular flexibility index (Phi) is 10.2. The highest BCUT2D eigenvalue weighted by Gasteiger charge is 2.32. The van der Waals surface area contributed by atoms with Gasteiger partial charge in [-0.25, -0.2) is 9.78 Å². The molecule has 0 bridgehead atoms. The fourth-order valence-corrected chi connectivity index (χ4v) is 4.42. The maximum Gasteiger partial charge on any atom is 0.573 e. The van der Waals surface area contributed by atoms with E-state index in [1.165, 1.54) is 25.3 Å². The van der Waals surface area contributed by atoms with Crippen molar-refractivity contribution >= 4 is 39.2 Å². The molecule has 4 rings (SSSR count). The van der Waals surface area contributed by atoms with Crippen LogP contribution >= 0.6 is 11.6 Å². The number of ether oxygens (including phenoxy) is 4. The van der Waals surface area contributed by atoms with E-state index >= 15 is 0 Å². The van der Waals surface area contributed by atoms with E-state index in [1.807, 2.05) is 19.1 Å². The van der Waals surface area contributed by atoms with E-state index in [0.29, 0.717) is 43.3 Å². The standard InChI is InChI=1S/C29H29ClF3N3O5/c1-18(17-39-12-4-3-10-34-15-19-5-8-26(24(30)13-19)41-29(31,32)33)40-27-22-9-11-35-16-23(22)21-7-6-20(28(37)38-2)14-25(21)36-27/h5-9,11,13-14,16,18,34H,3-4,10,12,15,17H2,1-2H3/t18-/m0/s1. The molecule has 1 atom stereocenters. The number of hydrogen-bond acceptors (Lipinski definition) is 8. The van der Waals surface area contributed by atoms with Gasteiger partial charge in [0.15, 0.2) is 0 Å². The molecule has 2 aromatic heterocycles. The summed E-state index contributed by atoms with van der Waals surface area (Å²) in [5, 5.41) is 5.65. The summed E-state index contributed by atoms with van der Waals surface area (Å²) in [5.41, 5.74) is 1.74. The number of benzene rings is 2. The van der Waals surface area contributed by atoms with Gasteiger partial charge in [-0.05, 0) is 62.2 Å². The second-order valence-electron chi connectivity index (χ2n) is 9.26. The second-order valence-corrected chi connectivity index (χ2v) is 9.67. The van der Waals surface area contributed by atoms with E-state index in [0.717, 1.165) is 34.6 Å². The first-order valence-corrected chi connectivity index (χ1v) is 13.3. The SMILES string of the molecule is COC(=O)c1ccc2c(c1)nc(O[C@@H](C)COCCCCNCc1ccc(OC(F)(F)F)c(Cl)c1)c1ccncc12. The van der Waals surface area contributed by atoms with E-state index in [4.69, 9.17) is 25.8 Å². The number of nitrogens with zero attached hydrogens (tertiary/aromatic N) is 2. The molecule has 0 saturated heterocycles. The van der Waals surface area contributed by atoms with Crippen molar-refractivity contribution in [3.8, 4) is 11.6 Å². The predicted octanol–water partition coefficient (Wildman–Crippen LogP) is 6.48. The van der Waals surface area contributed by atoms with Gasteiger partial charge in [0.25, 0.3) is 0 Å². The lowest BCUT2D eigenvalue weighted by Crippen LogP contribution is -2.21. The Morgan fingerprint density at radius 2 is 1.90 bits per heavy atom. The van der Waals surface area contributed by atoms with E-state index in [1.54, 1.807) is 24.5 Å². The summed E-state index contributed by atoms with van der Waals surface area (Å²) in [7, 11) is 1.33. The number of hydrogen-bond donors (Lipinski definition) is 1. The van der Waals surface area contributed by atoms with Crippen molar-refractivity contribution in [3.05, 3.63) is 71.0 Å². The van der Waals surface area contributed by atoms with E-state index in [-0.39, 0.29) is 11.1 Å². The smallest absolute Gasteiger partial charge is 0.472 e. The topological polar surface area (TPSA) is 91.8 Å². The minimum absolute atomic E-state index is 0.0964. The molecule has 12 heteroatoms. The third-order valence-corrected chi connectivity index (χ3v) is 6.39. The molecule has 2 aromatic carbocycles. The Hall–Kier alpha value is -3.67. The van der Waals surface area contributed by atoms with Crippen molar-refractivity contribution in [2.45, 2.75) is 38.8 Å². The van der Waals surface area contributed by atoms with Gasteiger partial charge in [0, 0.05) is 41.7 Å². The number of unbranched alkanes of at least 4 members (excludes halogenated alkanes) is 1. The van der Waals surface area contributed by atoms with Gasteiger partial charge in [-0.1, -0.05) is 23.7 Å². The van der Waals surface area contributed by atoms with Crippen LogP contribution in [0.4, 0.5) is 13.2 Å². The molecule has 0 amide bonds. The maximum atomic E-state index is 12.4. The van der Waals surface area contributed by atoms with Gasteiger partial charge in [0.1, 0.15) is 11.9 Å². The first kappa shape index (κ1) is 30.3. The molecule has 0 aliphatic carbocycles. The zero-order chi connectivity index (χ0) is 29.4. The van der Waals surface area contributed by atoms with Crippen LogP contribution in [0.1, 0.15) is 35.7 Å². The Morgan fingerprint density at radius 1 is 1.07 bits per heavy atom. The van der Waals surface area contributed by atoms with Crippen LogP contribution < -0.4 is 14.8 Å².